The monoisotopic (exact) mass is 290 g/mol. The summed E-state index contributed by atoms with van der Waals surface area (Å²) >= 11 is 0. The third kappa shape index (κ3) is 4.83. The van der Waals surface area contributed by atoms with Crippen molar-refractivity contribution in [1.29, 1.82) is 0 Å². The Labute approximate surface area is 127 Å². The van der Waals surface area contributed by atoms with Gasteiger partial charge in [-0.2, -0.15) is 0 Å². The Bertz CT molecular complexity index is 474. The third-order valence-electron chi connectivity index (χ3n) is 4.26. The summed E-state index contributed by atoms with van der Waals surface area (Å²) in [5.41, 5.74) is 2.01. The molecule has 2 rings (SSSR count). The molecule has 0 radical (unpaired) electrons. The molecule has 21 heavy (non-hydrogen) atoms. The van der Waals surface area contributed by atoms with E-state index in [-0.39, 0.29) is 6.42 Å². The molecule has 2 N–H and O–H groups in total. The molecule has 0 bridgehead atoms. The number of carboxylic acids is 1. The first-order valence-corrected chi connectivity index (χ1v) is 7.79. The van der Waals surface area contributed by atoms with Gasteiger partial charge in [-0.25, -0.2) is 0 Å². The van der Waals surface area contributed by atoms with Crippen LogP contribution < -0.4 is 5.32 Å². The topological polar surface area (TPSA) is 52.6 Å². The lowest BCUT2D eigenvalue weighted by Crippen LogP contribution is -2.30. The molecule has 1 unspecified atom stereocenters. The van der Waals surface area contributed by atoms with Crippen LogP contribution in [0.15, 0.2) is 24.3 Å². The van der Waals surface area contributed by atoms with Gasteiger partial charge in [0.05, 0.1) is 6.42 Å². The molecule has 0 amide bonds. The number of nitrogens with zero attached hydrogens (tertiary/aromatic N) is 1. The number of nitrogens with one attached hydrogen (secondary N) is 1. The third-order valence-corrected chi connectivity index (χ3v) is 4.26. The van der Waals surface area contributed by atoms with E-state index in [1.807, 2.05) is 24.3 Å². The SMILES string of the molecule is CC(C)N1CCC(CNCc2ccccc2CC(=O)O)C1. The van der Waals surface area contributed by atoms with Gasteiger partial charge >= 0.3 is 5.97 Å². The number of likely N-dealkylation sites (tertiary alicyclic amines) is 1. The molecule has 0 aromatic heterocycles. The van der Waals surface area contributed by atoms with Crippen molar-refractivity contribution in [3.63, 3.8) is 0 Å². The molecular formula is C17H26N2O2. The average Bonchev–Trinajstić information content (AvgIpc) is 2.89. The predicted octanol–water partition coefficient (Wildman–Crippen LogP) is 2.13. The molecule has 0 saturated carbocycles. The molecule has 1 atom stereocenters. The lowest BCUT2D eigenvalue weighted by atomic mass is 10.0. The highest BCUT2D eigenvalue weighted by atomic mass is 16.4. The minimum Gasteiger partial charge on any atom is -0.481 e. The summed E-state index contributed by atoms with van der Waals surface area (Å²) in [4.78, 5) is 13.4. The van der Waals surface area contributed by atoms with E-state index in [9.17, 15) is 4.79 Å². The maximum atomic E-state index is 10.9. The number of aliphatic carboxylic acids is 1. The molecule has 4 heteroatoms. The standard InChI is InChI=1S/C17H26N2O2/c1-13(2)19-8-7-14(12-19)10-18-11-16-6-4-3-5-15(16)9-17(20)21/h3-6,13-14,18H,7-12H2,1-2H3,(H,20,21). The number of hydrogen-bond donors (Lipinski definition) is 2. The quantitative estimate of drug-likeness (QED) is 0.808. The van der Waals surface area contributed by atoms with Crippen LogP contribution in [0.3, 0.4) is 0 Å². The summed E-state index contributed by atoms with van der Waals surface area (Å²) in [6.45, 7) is 8.61. The molecule has 0 aliphatic carbocycles. The Morgan fingerprint density at radius 1 is 1.38 bits per heavy atom. The summed E-state index contributed by atoms with van der Waals surface area (Å²) in [7, 11) is 0. The smallest absolute Gasteiger partial charge is 0.307 e. The predicted molar refractivity (Wildman–Crippen MR) is 84.3 cm³/mol. The molecule has 1 aromatic rings. The summed E-state index contributed by atoms with van der Waals surface area (Å²) in [5, 5.41) is 12.4. The highest BCUT2D eigenvalue weighted by molar-refractivity contribution is 5.70. The van der Waals surface area contributed by atoms with E-state index < -0.39 is 5.97 Å². The fourth-order valence-corrected chi connectivity index (χ4v) is 2.97. The molecule has 1 aromatic carbocycles. The number of benzene rings is 1. The van der Waals surface area contributed by atoms with Crippen LogP contribution >= 0.6 is 0 Å². The van der Waals surface area contributed by atoms with Gasteiger partial charge in [0.1, 0.15) is 0 Å². The van der Waals surface area contributed by atoms with Gasteiger partial charge in [-0.3, -0.25) is 4.79 Å². The van der Waals surface area contributed by atoms with Gasteiger partial charge in [0.15, 0.2) is 0 Å². The van der Waals surface area contributed by atoms with Crippen molar-refractivity contribution < 1.29 is 9.90 Å². The lowest BCUT2D eigenvalue weighted by molar-refractivity contribution is -0.136. The Hall–Kier alpha value is -1.39. The van der Waals surface area contributed by atoms with Gasteiger partial charge in [-0.15, -0.1) is 0 Å². The van der Waals surface area contributed by atoms with E-state index >= 15 is 0 Å². The molecule has 1 fully saturated rings. The van der Waals surface area contributed by atoms with Crippen LogP contribution in [0.4, 0.5) is 0 Å². The summed E-state index contributed by atoms with van der Waals surface area (Å²) < 4.78 is 0. The highest BCUT2D eigenvalue weighted by Crippen LogP contribution is 2.18. The first-order chi connectivity index (χ1) is 10.1. The zero-order chi connectivity index (χ0) is 15.2. The fourth-order valence-electron chi connectivity index (χ4n) is 2.97. The molecule has 4 nitrogen and oxygen atoms in total. The van der Waals surface area contributed by atoms with Crippen molar-refractivity contribution in [2.45, 2.75) is 39.3 Å². The minimum absolute atomic E-state index is 0.0996. The van der Waals surface area contributed by atoms with E-state index in [0.717, 1.165) is 24.2 Å². The van der Waals surface area contributed by atoms with Gasteiger partial charge < -0.3 is 15.3 Å². The second-order valence-corrected chi connectivity index (χ2v) is 6.21. The van der Waals surface area contributed by atoms with Crippen LogP contribution in [0, 0.1) is 5.92 Å². The minimum atomic E-state index is -0.772. The summed E-state index contributed by atoms with van der Waals surface area (Å²) in [6, 6.07) is 8.42. The van der Waals surface area contributed by atoms with Crippen molar-refractivity contribution in [2.75, 3.05) is 19.6 Å². The molecule has 1 aliphatic rings. The Morgan fingerprint density at radius 3 is 2.71 bits per heavy atom. The number of carboxylic acid groups (broad SMARTS) is 1. The van der Waals surface area contributed by atoms with Gasteiger partial charge in [0.2, 0.25) is 0 Å². The molecule has 1 saturated heterocycles. The van der Waals surface area contributed by atoms with E-state index in [4.69, 9.17) is 5.11 Å². The average molecular weight is 290 g/mol. The van der Waals surface area contributed by atoms with E-state index in [1.165, 1.54) is 19.5 Å². The molecule has 1 aliphatic heterocycles. The lowest BCUT2D eigenvalue weighted by Gasteiger charge is -2.20. The van der Waals surface area contributed by atoms with Gasteiger partial charge in [-0.1, -0.05) is 24.3 Å². The number of carbonyl (C=O) groups is 1. The van der Waals surface area contributed by atoms with Crippen LogP contribution in [0.2, 0.25) is 0 Å². The van der Waals surface area contributed by atoms with Crippen LogP contribution in [0.25, 0.3) is 0 Å². The zero-order valence-electron chi connectivity index (χ0n) is 13.0. The van der Waals surface area contributed by atoms with Crippen LogP contribution in [-0.2, 0) is 17.8 Å². The van der Waals surface area contributed by atoms with E-state index in [2.05, 4.69) is 24.1 Å². The van der Waals surface area contributed by atoms with Crippen molar-refractivity contribution in [1.82, 2.24) is 10.2 Å². The fraction of sp³-hybridized carbons (Fsp3) is 0.588. The Kier molecular flexibility index (Phi) is 5.76. The zero-order valence-corrected chi connectivity index (χ0v) is 13.0. The summed E-state index contributed by atoms with van der Waals surface area (Å²) in [5.74, 6) is -0.0649. The first-order valence-electron chi connectivity index (χ1n) is 7.79. The van der Waals surface area contributed by atoms with Crippen molar-refractivity contribution in [2.24, 2.45) is 5.92 Å². The van der Waals surface area contributed by atoms with Crippen LogP contribution in [0.1, 0.15) is 31.4 Å². The van der Waals surface area contributed by atoms with Crippen molar-refractivity contribution in [3.8, 4) is 0 Å². The normalized spacial score (nSPS) is 19.3. The second-order valence-electron chi connectivity index (χ2n) is 6.21. The Morgan fingerprint density at radius 2 is 2.10 bits per heavy atom. The van der Waals surface area contributed by atoms with Gasteiger partial charge in [0, 0.05) is 19.1 Å². The molecule has 0 spiro atoms. The van der Waals surface area contributed by atoms with Crippen molar-refractivity contribution in [3.05, 3.63) is 35.4 Å². The molecule has 116 valence electrons. The second kappa shape index (κ2) is 7.57. The van der Waals surface area contributed by atoms with Crippen molar-refractivity contribution >= 4 is 5.97 Å². The largest absolute Gasteiger partial charge is 0.481 e. The van der Waals surface area contributed by atoms with E-state index in [1.54, 1.807) is 0 Å². The van der Waals surface area contributed by atoms with Crippen LogP contribution in [-0.4, -0.2) is 41.7 Å². The maximum absolute atomic E-state index is 10.9. The van der Waals surface area contributed by atoms with Gasteiger partial charge in [0.25, 0.3) is 0 Å². The van der Waals surface area contributed by atoms with E-state index in [0.29, 0.717) is 12.0 Å². The number of rotatable bonds is 7. The number of hydrogen-bond acceptors (Lipinski definition) is 3. The molecule has 1 heterocycles. The first kappa shape index (κ1) is 16.0. The molecular weight excluding hydrogens is 264 g/mol. The Balaban J connectivity index is 1.80. The summed E-state index contributed by atoms with van der Waals surface area (Å²) in [6.07, 6.45) is 1.35. The van der Waals surface area contributed by atoms with Gasteiger partial charge in [-0.05, 0) is 50.4 Å². The van der Waals surface area contributed by atoms with Crippen LogP contribution in [0.5, 0.6) is 0 Å². The maximum Gasteiger partial charge on any atom is 0.307 e. The highest BCUT2D eigenvalue weighted by Gasteiger charge is 2.23.